The van der Waals surface area contributed by atoms with Crippen molar-refractivity contribution in [2.24, 2.45) is 0 Å². The number of anilines is 2. The molecule has 0 fully saturated rings. The van der Waals surface area contributed by atoms with E-state index in [-0.39, 0.29) is 16.4 Å². The summed E-state index contributed by atoms with van der Waals surface area (Å²) in [5.41, 5.74) is 0.377. The van der Waals surface area contributed by atoms with Gasteiger partial charge in [0.1, 0.15) is 0 Å². The van der Waals surface area contributed by atoms with Crippen LogP contribution in [0.4, 0.5) is 17.1 Å². The molecule has 3 aromatic rings. The number of non-ortho nitro benzene ring substituents is 1. The molecule has 1 aromatic heterocycles. The topological polar surface area (TPSA) is 148 Å². The van der Waals surface area contributed by atoms with E-state index in [1.54, 1.807) is 30.3 Å². The molecule has 31 heavy (non-hydrogen) atoms. The molecule has 158 valence electrons. The van der Waals surface area contributed by atoms with Gasteiger partial charge in [-0.1, -0.05) is 6.07 Å². The Morgan fingerprint density at radius 2 is 1.48 bits per heavy atom. The van der Waals surface area contributed by atoms with Gasteiger partial charge < -0.3 is 10.6 Å². The molecule has 10 nitrogen and oxygen atoms in total. The Bertz CT molecular complexity index is 1280. The van der Waals surface area contributed by atoms with Gasteiger partial charge >= 0.3 is 0 Å². The molecule has 11 heteroatoms. The third-order valence-electron chi connectivity index (χ3n) is 4.11. The highest BCUT2D eigenvalue weighted by molar-refractivity contribution is 7.90. The molecule has 0 spiro atoms. The van der Waals surface area contributed by atoms with Crippen LogP contribution >= 0.6 is 0 Å². The van der Waals surface area contributed by atoms with E-state index in [0.717, 1.165) is 24.5 Å². The van der Waals surface area contributed by atoms with E-state index in [4.69, 9.17) is 0 Å². The predicted molar refractivity (Wildman–Crippen MR) is 113 cm³/mol. The number of nitrogens with one attached hydrogen (secondary N) is 2. The van der Waals surface area contributed by atoms with Crippen LogP contribution in [0.5, 0.6) is 0 Å². The average molecular weight is 440 g/mol. The van der Waals surface area contributed by atoms with Gasteiger partial charge in [-0.25, -0.2) is 8.42 Å². The molecule has 2 aromatic carbocycles. The number of nitro benzene ring substituents is 1. The quantitative estimate of drug-likeness (QED) is 0.442. The number of hydrogen-bond acceptors (Lipinski definition) is 7. The van der Waals surface area contributed by atoms with Gasteiger partial charge in [-0.15, -0.1) is 0 Å². The zero-order valence-corrected chi connectivity index (χ0v) is 16.9. The molecule has 1 heterocycles. The lowest BCUT2D eigenvalue weighted by molar-refractivity contribution is -0.385. The number of sulfone groups is 1. The van der Waals surface area contributed by atoms with E-state index in [0.29, 0.717) is 16.9 Å². The van der Waals surface area contributed by atoms with Gasteiger partial charge in [-0.2, -0.15) is 0 Å². The van der Waals surface area contributed by atoms with Crippen LogP contribution < -0.4 is 10.6 Å². The summed E-state index contributed by atoms with van der Waals surface area (Å²) in [5, 5.41) is 16.3. The number of pyridine rings is 1. The minimum Gasteiger partial charge on any atom is -0.322 e. The van der Waals surface area contributed by atoms with Gasteiger partial charge in [0, 0.05) is 53.3 Å². The fourth-order valence-corrected chi connectivity index (χ4v) is 3.29. The number of nitro groups is 1. The lowest BCUT2D eigenvalue weighted by atomic mass is 10.1. The SMILES string of the molecule is CS(=O)(=O)c1cc(C(=O)Nc2cccc(NC(=O)c3ccncc3)c2)cc([N+](=O)[O-])c1. The summed E-state index contributed by atoms with van der Waals surface area (Å²) in [6.07, 6.45) is 3.85. The van der Waals surface area contributed by atoms with Gasteiger partial charge in [0.05, 0.1) is 9.82 Å². The van der Waals surface area contributed by atoms with Crippen molar-refractivity contribution in [2.75, 3.05) is 16.9 Å². The molecular weight excluding hydrogens is 424 g/mol. The molecular formula is C20H16N4O6S. The summed E-state index contributed by atoms with van der Waals surface area (Å²) >= 11 is 0. The summed E-state index contributed by atoms with van der Waals surface area (Å²) in [6, 6.07) is 12.3. The maximum absolute atomic E-state index is 12.6. The molecule has 0 aliphatic rings. The monoisotopic (exact) mass is 440 g/mol. The number of aromatic nitrogens is 1. The summed E-state index contributed by atoms with van der Waals surface area (Å²) in [6.45, 7) is 0. The van der Waals surface area contributed by atoms with Crippen molar-refractivity contribution in [1.29, 1.82) is 0 Å². The fourth-order valence-electron chi connectivity index (χ4n) is 2.62. The Hall–Kier alpha value is -4.12. The van der Waals surface area contributed by atoms with Crippen molar-refractivity contribution in [3.8, 4) is 0 Å². The molecule has 0 aliphatic heterocycles. The fraction of sp³-hybridized carbons (Fsp3) is 0.0500. The Morgan fingerprint density at radius 3 is 2.03 bits per heavy atom. The van der Waals surface area contributed by atoms with Crippen molar-refractivity contribution in [3.05, 3.63) is 88.2 Å². The Morgan fingerprint density at radius 1 is 0.903 bits per heavy atom. The Labute approximate surface area is 177 Å². The number of benzene rings is 2. The first-order chi connectivity index (χ1) is 14.6. The number of amides is 2. The van der Waals surface area contributed by atoms with Crippen LogP contribution in [0.15, 0.2) is 71.9 Å². The molecule has 3 rings (SSSR count). The Kier molecular flexibility index (Phi) is 6.07. The van der Waals surface area contributed by atoms with Crippen LogP contribution in [0.25, 0.3) is 0 Å². The molecule has 0 atom stereocenters. The molecule has 0 unspecified atom stereocenters. The van der Waals surface area contributed by atoms with Crippen LogP contribution in [0.3, 0.4) is 0 Å². The van der Waals surface area contributed by atoms with E-state index in [9.17, 15) is 28.1 Å². The highest BCUT2D eigenvalue weighted by atomic mass is 32.2. The van der Waals surface area contributed by atoms with Crippen molar-refractivity contribution in [2.45, 2.75) is 4.90 Å². The molecule has 2 amide bonds. The second kappa shape index (κ2) is 8.71. The maximum Gasteiger partial charge on any atom is 0.271 e. The minimum atomic E-state index is -3.77. The Balaban J connectivity index is 1.83. The van der Waals surface area contributed by atoms with Gasteiger partial charge in [0.2, 0.25) is 0 Å². The third kappa shape index (κ3) is 5.48. The normalized spacial score (nSPS) is 10.9. The number of nitrogens with zero attached hydrogens (tertiary/aromatic N) is 2. The van der Waals surface area contributed by atoms with Crippen molar-refractivity contribution < 1.29 is 22.9 Å². The number of carbonyl (C=O) groups is 2. The zero-order chi connectivity index (χ0) is 22.6. The van der Waals surface area contributed by atoms with E-state index in [2.05, 4.69) is 15.6 Å². The van der Waals surface area contributed by atoms with E-state index >= 15 is 0 Å². The van der Waals surface area contributed by atoms with E-state index in [1.807, 2.05) is 0 Å². The second-order valence-electron chi connectivity index (χ2n) is 6.47. The van der Waals surface area contributed by atoms with Gasteiger partial charge in [-0.3, -0.25) is 24.7 Å². The van der Waals surface area contributed by atoms with Crippen LogP contribution in [-0.2, 0) is 9.84 Å². The molecule has 0 saturated heterocycles. The first-order valence-electron chi connectivity index (χ1n) is 8.76. The second-order valence-corrected chi connectivity index (χ2v) is 8.49. The van der Waals surface area contributed by atoms with Crippen molar-refractivity contribution >= 4 is 38.7 Å². The molecule has 0 radical (unpaired) electrons. The minimum absolute atomic E-state index is 0.194. The van der Waals surface area contributed by atoms with Crippen LogP contribution in [0.1, 0.15) is 20.7 Å². The lowest BCUT2D eigenvalue weighted by Crippen LogP contribution is -2.15. The maximum atomic E-state index is 12.6. The predicted octanol–water partition coefficient (Wildman–Crippen LogP) is 2.90. The van der Waals surface area contributed by atoms with Crippen molar-refractivity contribution in [3.63, 3.8) is 0 Å². The van der Waals surface area contributed by atoms with E-state index in [1.165, 1.54) is 18.5 Å². The van der Waals surface area contributed by atoms with Crippen LogP contribution in [0.2, 0.25) is 0 Å². The molecule has 2 N–H and O–H groups in total. The van der Waals surface area contributed by atoms with Gasteiger partial charge in [0.25, 0.3) is 17.5 Å². The standard InChI is InChI=1S/C20H16N4O6S/c1-31(29,30)18-10-14(9-17(12-18)24(27)28)20(26)23-16-4-2-3-15(11-16)22-19(25)13-5-7-21-8-6-13/h2-12H,1H3,(H,22,25)(H,23,26). The third-order valence-corrected chi connectivity index (χ3v) is 5.21. The lowest BCUT2D eigenvalue weighted by Gasteiger charge is -2.10. The smallest absolute Gasteiger partial charge is 0.271 e. The summed E-state index contributed by atoms with van der Waals surface area (Å²) in [7, 11) is -3.77. The summed E-state index contributed by atoms with van der Waals surface area (Å²) < 4.78 is 23.6. The van der Waals surface area contributed by atoms with Gasteiger partial charge in [-0.05, 0) is 36.4 Å². The first-order valence-corrected chi connectivity index (χ1v) is 10.6. The van der Waals surface area contributed by atoms with E-state index < -0.39 is 26.4 Å². The highest BCUT2D eigenvalue weighted by Gasteiger charge is 2.19. The molecule has 0 saturated carbocycles. The van der Waals surface area contributed by atoms with Crippen molar-refractivity contribution in [1.82, 2.24) is 4.98 Å². The number of rotatable bonds is 6. The summed E-state index contributed by atoms with van der Waals surface area (Å²) in [5.74, 6) is -1.12. The van der Waals surface area contributed by atoms with Crippen LogP contribution in [-0.4, -0.2) is 36.4 Å². The van der Waals surface area contributed by atoms with Crippen LogP contribution in [0, 0.1) is 10.1 Å². The first kappa shape index (κ1) is 21.6. The van der Waals surface area contributed by atoms with Gasteiger partial charge in [0.15, 0.2) is 9.84 Å². The number of hydrogen-bond donors (Lipinski definition) is 2. The molecule has 0 bridgehead atoms. The largest absolute Gasteiger partial charge is 0.322 e. The molecule has 0 aliphatic carbocycles. The highest BCUT2D eigenvalue weighted by Crippen LogP contribution is 2.23. The number of carbonyl (C=O) groups excluding carboxylic acids is 2. The zero-order valence-electron chi connectivity index (χ0n) is 16.1. The summed E-state index contributed by atoms with van der Waals surface area (Å²) in [4.78, 5) is 38.7. The average Bonchev–Trinajstić information content (AvgIpc) is 2.73.